The maximum atomic E-state index is 12.0. The monoisotopic (exact) mass is 554 g/mol. The van der Waals surface area contributed by atoms with Gasteiger partial charge in [0.15, 0.2) is 5.96 Å². The summed E-state index contributed by atoms with van der Waals surface area (Å²) in [5.41, 5.74) is 2.33. The van der Waals surface area contributed by atoms with Gasteiger partial charge in [0.25, 0.3) is 0 Å². The molecule has 0 bridgehead atoms. The minimum atomic E-state index is -0.0380. The Kier molecular flexibility index (Phi) is 12.5. The van der Waals surface area contributed by atoms with Gasteiger partial charge in [0, 0.05) is 34.2 Å². The third-order valence-electron chi connectivity index (χ3n) is 4.73. The summed E-state index contributed by atoms with van der Waals surface area (Å²) in [6.07, 6.45) is 0.835. The van der Waals surface area contributed by atoms with Crippen LogP contribution < -0.4 is 14.8 Å². The van der Waals surface area contributed by atoms with Crippen molar-refractivity contribution in [3.63, 3.8) is 0 Å². The van der Waals surface area contributed by atoms with Crippen LogP contribution in [0.3, 0.4) is 0 Å². The first-order valence-corrected chi connectivity index (χ1v) is 10.5. The molecule has 0 unspecified atom stereocenters. The number of nitrogens with zero attached hydrogens (tertiary/aromatic N) is 3. The molecule has 1 N–H and O–H groups in total. The van der Waals surface area contributed by atoms with E-state index in [1.807, 2.05) is 55.3 Å². The number of hydrogen-bond donors (Lipinski definition) is 1. The zero-order valence-corrected chi connectivity index (χ0v) is 22.0. The second-order valence-electron chi connectivity index (χ2n) is 7.39. The molecule has 2 aromatic carbocycles. The third kappa shape index (κ3) is 9.33. The van der Waals surface area contributed by atoms with Crippen LogP contribution in [0.2, 0.25) is 0 Å². The summed E-state index contributed by atoms with van der Waals surface area (Å²) in [5.74, 6) is 2.36. The van der Waals surface area contributed by atoms with Crippen molar-refractivity contribution in [3.8, 4) is 11.5 Å². The predicted octanol–water partition coefficient (Wildman–Crippen LogP) is 3.42. The summed E-state index contributed by atoms with van der Waals surface area (Å²) in [6, 6.07) is 16.0. The lowest BCUT2D eigenvalue weighted by molar-refractivity contribution is -0.127. The molecule has 0 saturated carbocycles. The number of ether oxygens (including phenoxy) is 2. The maximum absolute atomic E-state index is 12.0. The molecule has 0 aromatic heterocycles. The molecule has 2 aromatic rings. The Hall–Kier alpha value is -2.49. The largest absolute Gasteiger partial charge is 0.497 e. The number of nitrogens with one attached hydrogen (secondary N) is 1. The number of likely N-dealkylation sites (N-methyl/N-ethyl adjacent to an activating group) is 1. The van der Waals surface area contributed by atoms with Crippen LogP contribution in [0, 0.1) is 0 Å². The maximum Gasteiger partial charge on any atom is 0.243 e. The minimum Gasteiger partial charge on any atom is -0.497 e. The molecular weight excluding hydrogens is 519 g/mol. The summed E-state index contributed by atoms with van der Waals surface area (Å²) >= 11 is 0. The van der Waals surface area contributed by atoms with Gasteiger partial charge in [-0.1, -0.05) is 24.3 Å². The van der Waals surface area contributed by atoms with Gasteiger partial charge in [-0.25, -0.2) is 4.99 Å². The normalized spacial score (nSPS) is 10.7. The number of rotatable bonds is 10. The number of carbonyl (C=O) groups excluding carboxylic acids is 1. The summed E-state index contributed by atoms with van der Waals surface area (Å²) in [7, 11) is 7.10. The van der Waals surface area contributed by atoms with E-state index in [1.54, 1.807) is 26.1 Å². The lowest BCUT2D eigenvalue weighted by Crippen LogP contribution is -2.40. The molecule has 0 aliphatic rings. The number of guanidine groups is 1. The second-order valence-corrected chi connectivity index (χ2v) is 7.39. The number of aliphatic imine (C=N–C) groups is 1. The van der Waals surface area contributed by atoms with Gasteiger partial charge < -0.3 is 24.6 Å². The van der Waals surface area contributed by atoms with Gasteiger partial charge in [-0.3, -0.25) is 4.79 Å². The Balaban J connectivity index is 0.00000512. The first kappa shape index (κ1) is 27.5. The van der Waals surface area contributed by atoms with E-state index in [-0.39, 0.29) is 36.4 Å². The average molecular weight is 554 g/mol. The quantitative estimate of drug-likeness (QED) is 0.277. The Morgan fingerprint density at radius 3 is 2.12 bits per heavy atom. The average Bonchev–Trinajstić information content (AvgIpc) is 2.77. The van der Waals surface area contributed by atoms with E-state index in [0.29, 0.717) is 25.7 Å². The number of halogens is 1. The molecule has 0 atom stereocenters. The smallest absolute Gasteiger partial charge is 0.243 e. The second kappa shape index (κ2) is 14.5. The van der Waals surface area contributed by atoms with E-state index in [0.717, 1.165) is 23.5 Å². The van der Waals surface area contributed by atoms with Crippen LogP contribution >= 0.6 is 24.0 Å². The molecule has 0 radical (unpaired) electrons. The van der Waals surface area contributed by atoms with Crippen molar-refractivity contribution in [2.75, 3.05) is 47.9 Å². The number of methoxy groups -OCH3 is 1. The summed E-state index contributed by atoms with van der Waals surface area (Å²) in [4.78, 5) is 20.1. The Labute approximate surface area is 208 Å². The van der Waals surface area contributed by atoms with Crippen LogP contribution in [0.5, 0.6) is 11.5 Å². The summed E-state index contributed by atoms with van der Waals surface area (Å²) in [6.45, 7) is 4.09. The van der Waals surface area contributed by atoms with Crippen molar-refractivity contribution < 1.29 is 14.3 Å². The van der Waals surface area contributed by atoms with Crippen molar-refractivity contribution >= 4 is 35.8 Å². The molecule has 176 valence electrons. The summed E-state index contributed by atoms with van der Waals surface area (Å²) in [5, 5.41) is 3.39. The van der Waals surface area contributed by atoms with Crippen LogP contribution in [0.4, 0.5) is 0 Å². The van der Waals surface area contributed by atoms with E-state index < -0.39 is 0 Å². The highest BCUT2D eigenvalue weighted by Gasteiger charge is 2.10. The Morgan fingerprint density at radius 2 is 1.56 bits per heavy atom. The molecule has 1 amide bonds. The first-order valence-electron chi connectivity index (χ1n) is 10.5. The Bertz CT molecular complexity index is 839. The lowest BCUT2D eigenvalue weighted by atomic mass is 10.1. The minimum absolute atomic E-state index is 0. The molecule has 8 heteroatoms. The van der Waals surface area contributed by atoms with Crippen LogP contribution in [0.15, 0.2) is 53.5 Å². The zero-order valence-electron chi connectivity index (χ0n) is 19.6. The van der Waals surface area contributed by atoms with Crippen molar-refractivity contribution in [1.82, 2.24) is 15.1 Å². The highest BCUT2D eigenvalue weighted by atomic mass is 127. The van der Waals surface area contributed by atoms with Crippen LogP contribution in [0.25, 0.3) is 0 Å². The zero-order chi connectivity index (χ0) is 22.6. The Morgan fingerprint density at radius 1 is 0.969 bits per heavy atom. The van der Waals surface area contributed by atoms with Gasteiger partial charge in [-0.05, 0) is 48.7 Å². The third-order valence-corrected chi connectivity index (χ3v) is 4.73. The standard InChI is InChI=1S/C24H34N4O3.HI/c1-6-31-22-13-9-20(10-14-22)18-28(4)24(26-17-23(29)27(2)3)25-16-15-19-7-11-21(30-5)12-8-19;/h7-14H,6,15-18H2,1-5H3,(H,25,26);1H. The molecular formula is C24H35IN4O3. The molecule has 7 nitrogen and oxygen atoms in total. The molecule has 2 rings (SSSR count). The molecule has 0 heterocycles. The number of amides is 1. The summed E-state index contributed by atoms with van der Waals surface area (Å²) < 4.78 is 10.7. The molecule has 0 spiro atoms. The number of carbonyl (C=O) groups is 1. The van der Waals surface area contributed by atoms with Gasteiger partial charge in [0.05, 0.1) is 13.7 Å². The molecule has 0 saturated heterocycles. The number of hydrogen-bond acceptors (Lipinski definition) is 4. The SMILES string of the molecule is CCOc1ccc(CN(C)C(=NCC(=O)N(C)C)NCCc2ccc(OC)cc2)cc1.I. The highest BCUT2D eigenvalue weighted by molar-refractivity contribution is 14.0. The first-order chi connectivity index (χ1) is 14.9. The van der Waals surface area contributed by atoms with Crippen LogP contribution in [-0.4, -0.2) is 69.6 Å². The van der Waals surface area contributed by atoms with E-state index in [4.69, 9.17) is 9.47 Å². The van der Waals surface area contributed by atoms with E-state index in [2.05, 4.69) is 22.4 Å². The van der Waals surface area contributed by atoms with E-state index >= 15 is 0 Å². The topological polar surface area (TPSA) is 66.4 Å². The van der Waals surface area contributed by atoms with Gasteiger partial charge in [-0.2, -0.15) is 0 Å². The fraction of sp³-hybridized carbons (Fsp3) is 0.417. The molecule has 0 aliphatic carbocycles. The van der Waals surface area contributed by atoms with E-state index in [1.165, 1.54) is 5.56 Å². The van der Waals surface area contributed by atoms with Crippen molar-refractivity contribution in [2.45, 2.75) is 19.9 Å². The molecule has 32 heavy (non-hydrogen) atoms. The van der Waals surface area contributed by atoms with E-state index in [9.17, 15) is 4.79 Å². The predicted molar refractivity (Wildman–Crippen MR) is 140 cm³/mol. The van der Waals surface area contributed by atoms with Gasteiger partial charge in [-0.15, -0.1) is 24.0 Å². The highest BCUT2D eigenvalue weighted by Crippen LogP contribution is 2.14. The van der Waals surface area contributed by atoms with Crippen molar-refractivity contribution in [1.29, 1.82) is 0 Å². The van der Waals surface area contributed by atoms with Crippen LogP contribution in [0.1, 0.15) is 18.1 Å². The van der Waals surface area contributed by atoms with Gasteiger partial charge in [0.2, 0.25) is 5.91 Å². The molecule has 0 aliphatic heterocycles. The van der Waals surface area contributed by atoms with Crippen molar-refractivity contribution in [2.24, 2.45) is 4.99 Å². The lowest BCUT2D eigenvalue weighted by Gasteiger charge is -2.23. The fourth-order valence-corrected chi connectivity index (χ4v) is 2.91. The number of benzene rings is 2. The van der Waals surface area contributed by atoms with Crippen molar-refractivity contribution in [3.05, 3.63) is 59.7 Å². The molecule has 0 fully saturated rings. The van der Waals surface area contributed by atoms with Crippen LogP contribution in [-0.2, 0) is 17.8 Å². The van der Waals surface area contributed by atoms with Gasteiger partial charge >= 0.3 is 0 Å². The van der Waals surface area contributed by atoms with Gasteiger partial charge in [0.1, 0.15) is 18.0 Å². The fourth-order valence-electron chi connectivity index (χ4n) is 2.91.